The van der Waals surface area contributed by atoms with Crippen molar-refractivity contribution < 1.29 is 9.32 Å². The van der Waals surface area contributed by atoms with Crippen LogP contribution in [0.3, 0.4) is 0 Å². The van der Waals surface area contributed by atoms with E-state index in [1.807, 2.05) is 19.1 Å². The molecule has 6 heteroatoms. The summed E-state index contributed by atoms with van der Waals surface area (Å²) in [6.45, 7) is 5.05. The predicted molar refractivity (Wildman–Crippen MR) is 96.1 cm³/mol. The van der Waals surface area contributed by atoms with Crippen molar-refractivity contribution >= 4 is 6.03 Å². The molecule has 1 unspecified atom stereocenters. The van der Waals surface area contributed by atoms with Crippen LogP contribution < -0.4 is 5.32 Å². The summed E-state index contributed by atoms with van der Waals surface area (Å²) in [5.74, 6) is 0.752. The molecule has 1 aromatic carbocycles. The van der Waals surface area contributed by atoms with Gasteiger partial charge in [0.15, 0.2) is 0 Å². The Morgan fingerprint density at radius 1 is 1.32 bits per heavy atom. The van der Waals surface area contributed by atoms with Crippen molar-refractivity contribution in [3.8, 4) is 0 Å². The second kappa shape index (κ2) is 8.16. The summed E-state index contributed by atoms with van der Waals surface area (Å²) in [6.07, 6.45) is 2.45. The third-order valence-corrected chi connectivity index (χ3v) is 4.64. The van der Waals surface area contributed by atoms with Crippen LogP contribution in [0.15, 0.2) is 40.9 Å². The van der Waals surface area contributed by atoms with Crippen molar-refractivity contribution in [2.24, 2.45) is 0 Å². The van der Waals surface area contributed by atoms with Gasteiger partial charge in [0.05, 0.1) is 12.6 Å². The van der Waals surface area contributed by atoms with Crippen LogP contribution in [0.5, 0.6) is 0 Å². The lowest BCUT2D eigenvalue weighted by atomic mass is 10.1. The van der Waals surface area contributed by atoms with E-state index >= 15 is 0 Å². The van der Waals surface area contributed by atoms with Gasteiger partial charge in [0.2, 0.25) is 0 Å². The molecule has 2 amide bonds. The van der Waals surface area contributed by atoms with Crippen molar-refractivity contribution in [2.75, 3.05) is 26.7 Å². The highest BCUT2D eigenvalue weighted by atomic mass is 16.5. The van der Waals surface area contributed by atoms with Gasteiger partial charge >= 0.3 is 6.03 Å². The first-order valence-corrected chi connectivity index (χ1v) is 8.83. The maximum Gasteiger partial charge on any atom is 0.317 e. The summed E-state index contributed by atoms with van der Waals surface area (Å²) in [4.78, 5) is 16.5. The van der Waals surface area contributed by atoms with Crippen LogP contribution in [-0.2, 0) is 6.54 Å². The minimum Gasteiger partial charge on any atom is -0.361 e. The van der Waals surface area contributed by atoms with Crippen molar-refractivity contribution in [3.63, 3.8) is 0 Å². The van der Waals surface area contributed by atoms with Gasteiger partial charge in [-0.1, -0.05) is 35.5 Å². The van der Waals surface area contributed by atoms with E-state index in [1.54, 1.807) is 11.9 Å². The molecule has 1 aromatic heterocycles. The Morgan fingerprint density at radius 3 is 2.68 bits per heavy atom. The van der Waals surface area contributed by atoms with E-state index in [4.69, 9.17) is 4.52 Å². The highest BCUT2D eigenvalue weighted by molar-refractivity contribution is 5.73. The molecule has 1 aliphatic heterocycles. The number of hydrogen-bond donors (Lipinski definition) is 1. The second-order valence-electron chi connectivity index (χ2n) is 6.64. The number of hydrogen-bond acceptors (Lipinski definition) is 4. The largest absolute Gasteiger partial charge is 0.361 e. The molecule has 2 heterocycles. The minimum absolute atomic E-state index is 0.0965. The number of aromatic nitrogens is 1. The van der Waals surface area contributed by atoms with Crippen LogP contribution in [0, 0.1) is 6.92 Å². The average Bonchev–Trinajstić information content (AvgIpc) is 3.28. The fourth-order valence-electron chi connectivity index (χ4n) is 3.31. The highest BCUT2D eigenvalue weighted by Crippen LogP contribution is 2.24. The number of carbonyl (C=O) groups excluding carboxylic acids is 1. The second-order valence-corrected chi connectivity index (χ2v) is 6.64. The third kappa shape index (κ3) is 4.60. The molecule has 0 saturated carbocycles. The molecule has 0 bridgehead atoms. The third-order valence-electron chi connectivity index (χ3n) is 4.64. The van der Waals surface area contributed by atoms with Crippen LogP contribution in [0.1, 0.15) is 35.9 Å². The molecule has 6 nitrogen and oxygen atoms in total. The Hall–Kier alpha value is -2.34. The summed E-state index contributed by atoms with van der Waals surface area (Å²) >= 11 is 0. The summed E-state index contributed by atoms with van der Waals surface area (Å²) in [6, 6.07) is 12.4. The zero-order valence-corrected chi connectivity index (χ0v) is 14.9. The molecule has 134 valence electrons. The van der Waals surface area contributed by atoms with Gasteiger partial charge in [0, 0.05) is 19.7 Å². The Kier molecular flexibility index (Phi) is 5.71. The topological polar surface area (TPSA) is 61.6 Å². The van der Waals surface area contributed by atoms with Crippen LogP contribution >= 0.6 is 0 Å². The van der Waals surface area contributed by atoms with Gasteiger partial charge in [-0.3, -0.25) is 4.90 Å². The molecular formula is C19H26N4O2. The lowest BCUT2D eigenvalue weighted by molar-refractivity contribution is 0.194. The zero-order chi connectivity index (χ0) is 17.6. The lowest BCUT2D eigenvalue weighted by Gasteiger charge is -2.29. The number of benzene rings is 1. The van der Waals surface area contributed by atoms with E-state index in [0.29, 0.717) is 13.1 Å². The number of aryl methyl sites for hydroxylation is 1. The molecule has 0 aliphatic carbocycles. The number of carbonyl (C=O) groups is 1. The first kappa shape index (κ1) is 17.5. The summed E-state index contributed by atoms with van der Waals surface area (Å²) in [7, 11) is 1.77. The molecule has 2 aromatic rings. The number of urea groups is 1. The normalized spacial score (nSPS) is 15.9. The van der Waals surface area contributed by atoms with Gasteiger partial charge in [-0.05, 0) is 38.4 Å². The maximum atomic E-state index is 12.4. The standard InChI is InChI=1S/C19H26N4O2/c1-15-12-17(21-25-15)14-22(2)19(24)20-13-18(23-10-6-7-11-23)16-8-4-3-5-9-16/h3-5,8-9,12,18H,6-7,10-11,13-14H2,1-2H3,(H,20,24). The van der Waals surface area contributed by atoms with Crippen molar-refractivity contribution in [2.45, 2.75) is 32.4 Å². The lowest BCUT2D eigenvalue weighted by Crippen LogP contribution is -2.42. The smallest absolute Gasteiger partial charge is 0.317 e. The molecule has 1 aliphatic rings. The number of nitrogens with one attached hydrogen (secondary N) is 1. The van der Waals surface area contributed by atoms with E-state index in [2.05, 4.69) is 39.6 Å². The number of likely N-dealkylation sites (tertiary alicyclic amines) is 1. The Morgan fingerprint density at radius 2 is 2.04 bits per heavy atom. The van der Waals surface area contributed by atoms with Gasteiger partial charge in [0.1, 0.15) is 11.5 Å². The van der Waals surface area contributed by atoms with E-state index in [0.717, 1.165) is 24.5 Å². The van der Waals surface area contributed by atoms with Crippen LogP contribution in [0.25, 0.3) is 0 Å². The summed E-state index contributed by atoms with van der Waals surface area (Å²) in [5.41, 5.74) is 2.01. The molecule has 0 spiro atoms. The fourth-order valence-corrected chi connectivity index (χ4v) is 3.31. The Balaban J connectivity index is 1.59. The molecule has 1 saturated heterocycles. The van der Waals surface area contributed by atoms with Gasteiger partial charge in [-0.15, -0.1) is 0 Å². The minimum atomic E-state index is -0.0965. The fraction of sp³-hybridized carbons (Fsp3) is 0.474. The molecule has 25 heavy (non-hydrogen) atoms. The monoisotopic (exact) mass is 342 g/mol. The first-order chi connectivity index (χ1) is 12.1. The van der Waals surface area contributed by atoms with E-state index in [-0.39, 0.29) is 12.1 Å². The predicted octanol–water partition coefficient (Wildman–Crippen LogP) is 2.96. The summed E-state index contributed by atoms with van der Waals surface area (Å²) in [5, 5.41) is 7.01. The molecule has 1 N–H and O–H groups in total. The summed E-state index contributed by atoms with van der Waals surface area (Å²) < 4.78 is 5.05. The van der Waals surface area contributed by atoms with Gasteiger partial charge in [-0.25, -0.2) is 4.79 Å². The average molecular weight is 342 g/mol. The van der Waals surface area contributed by atoms with Crippen molar-refractivity contribution in [1.29, 1.82) is 0 Å². The van der Waals surface area contributed by atoms with E-state index in [9.17, 15) is 4.79 Å². The quantitative estimate of drug-likeness (QED) is 0.877. The van der Waals surface area contributed by atoms with Crippen molar-refractivity contribution in [3.05, 3.63) is 53.4 Å². The van der Waals surface area contributed by atoms with Crippen LogP contribution in [-0.4, -0.2) is 47.7 Å². The molecule has 1 fully saturated rings. The molecular weight excluding hydrogens is 316 g/mol. The van der Waals surface area contributed by atoms with Gasteiger partial charge < -0.3 is 14.7 Å². The van der Waals surface area contributed by atoms with Crippen LogP contribution in [0.2, 0.25) is 0 Å². The Labute approximate surface area is 148 Å². The van der Waals surface area contributed by atoms with Crippen molar-refractivity contribution in [1.82, 2.24) is 20.3 Å². The molecule has 3 rings (SSSR count). The zero-order valence-electron chi connectivity index (χ0n) is 14.9. The maximum absolute atomic E-state index is 12.4. The van der Waals surface area contributed by atoms with E-state index < -0.39 is 0 Å². The van der Waals surface area contributed by atoms with Gasteiger partial charge in [-0.2, -0.15) is 0 Å². The van der Waals surface area contributed by atoms with Crippen LogP contribution in [0.4, 0.5) is 4.79 Å². The number of rotatable bonds is 6. The first-order valence-electron chi connectivity index (χ1n) is 8.83. The van der Waals surface area contributed by atoms with Gasteiger partial charge in [0.25, 0.3) is 0 Å². The highest BCUT2D eigenvalue weighted by Gasteiger charge is 2.24. The number of amides is 2. The Bertz CT molecular complexity index is 680. The number of nitrogens with zero attached hydrogens (tertiary/aromatic N) is 3. The molecule has 0 radical (unpaired) electrons. The van der Waals surface area contributed by atoms with E-state index in [1.165, 1.54) is 18.4 Å². The SMILES string of the molecule is Cc1cc(CN(C)C(=O)NCC(c2ccccc2)N2CCCC2)no1. The molecule has 1 atom stereocenters.